The van der Waals surface area contributed by atoms with E-state index in [1.54, 1.807) is 11.9 Å². The zero-order valence-corrected chi connectivity index (χ0v) is 12.3. The third-order valence-electron chi connectivity index (χ3n) is 2.86. The molecular formula is C13H19F2NO3S. The Morgan fingerprint density at radius 2 is 2.00 bits per heavy atom. The molecule has 0 aliphatic rings. The summed E-state index contributed by atoms with van der Waals surface area (Å²) in [4.78, 5) is 1.68. The zero-order chi connectivity index (χ0) is 15.3. The van der Waals surface area contributed by atoms with Crippen molar-refractivity contribution in [3.05, 3.63) is 35.4 Å². The number of likely N-dealkylation sites (N-methyl/N-ethyl adjacent to an activating group) is 1. The van der Waals surface area contributed by atoms with Crippen LogP contribution in [-0.4, -0.2) is 50.6 Å². The van der Waals surface area contributed by atoms with Crippen LogP contribution in [-0.2, 0) is 9.84 Å². The molecule has 0 fully saturated rings. The van der Waals surface area contributed by atoms with Crippen molar-refractivity contribution >= 4 is 9.84 Å². The van der Waals surface area contributed by atoms with E-state index in [9.17, 15) is 22.3 Å². The fourth-order valence-electron chi connectivity index (χ4n) is 1.85. The Morgan fingerprint density at radius 1 is 1.35 bits per heavy atom. The maximum absolute atomic E-state index is 13.5. The zero-order valence-electron chi connectivity index (χ0n) is 11.5. The maximum atomic E-state index is 13.5. The number of hydrogen-bond donors (Lipinski definition) is 1. The van der Waals surface area contributed by atoms with Crippen molar-refractivity contribution in [1.82, 2.24) is 4.90 Å². The molecule has 114 valence electrons. The van der Waals surface area contributed by atoms with E-state index in [2.05, 4.69) is 0 Å². The number of rotatable bonds is 7. The van der Waals surface area contributed by atoms with E-state index in [1.165, 1.54) is 0 Å². The first-order chi connectivity index (χ1) is 9.19. The third-order valence-corrected chi connectivity index (χ3v) is 3.89. The van der Waals surface area contributed by atoms with Crippen molar-refractivity contribution in [2.24, 2.45) is 0 Å². The molecule has 0 bridgehead atoms. The predicted octanol–water partition coefficient (Wildman–Crippen LogP) is 1.36. The Labute approximate surface area is 117 Å². The highest BCUT2D eigenvalue weighted by molar-refractivity contribution is 7.90. The molecule has 0 aliphatic heterocycles. The molecule has 4 nitrogen and oxygen atoms in total. The molecule has 1 N–H and O–H groups in total. The van der Waals surface area contributed by atoms with Crippen molar-refractivity contribution in [3.8, 4) is 0 Å². The van der Waals surface area contributed by atoms with Crippen LogP contribution < -0.4 is 0 Å². The summed E-state index contributed by atoms with van der Waals surface area (Å²) in [5.41, 5.74) is -0.0973. The van der Waals surface area contributed by atoms with E-state index in [4.69, 9.17) is 0 Å². The molecule has 7 heteroatoms. The van der Waals surface area contributed by atoms with Gasteiger partial charge < -0.3 is 10.0 Å². The largest absolute Gasteiger partial charge is 0.387 e. The van der Waals surface area contributed by atoms with Gasteiger partial charge in [0, 0.05) is 18.4 Å². The molecule has 0 heterocycles. The molecule has 20 heavy (non-hydrogen) atoms. The Morgan fingerprint density at radius 3 is 2.60 bits per heavy atom. The fourth-order valence-corrected chi connectivity index (χ4v) is 2.50. The van der Waals surface area contributed by atoms with E-state index >= 15 is 0 Å². The standard InChI is InChI=1S/C13H19F2NO3S/c1-16(6-3-7-20(2,18)19)9-13(17)11-8-10(14)4-5-12(11)15/h4-5,8,13,17H,3,6-7,9H2,1-2H3. The van der Waals surface area contributed by atoms with Crippen LogP contribution in [0.25, 0.3) is 0 Å². The second kappa shape index (κ2) is 7.10. The number of benzene rings is 1. The summed E-state index contributed by atoms with van der Waals surface area (Å²) in [6.07, 6.45) is 0.423. The van der Waals surface area contributed by atoms with Crippen LogP contribution in [0.4, 0.5) is 8.78 Å². The minimum Gasteiger partial charge on any atom is -0.387 e. The van der Waals surface area contributed by atoms with E-state index in [-0.39, 0.29) is 17.9 Å². The summed E-state index contributed by atoms with van der Waals surface area (Å²) in [5, 5.41) is 9.89. The van der Waals surface area contributed by atoms with Crippen LogP contribution >= 0.6 is 0 Å². The summed E-state index contributed by atoms with van der Waals surface area (Å²) >= 11 is 0. The smallest absolute Gasteiger partial charge is 0.147 e. The highest BCUT2D eigenvalue weighted by Crippen LogP contribution is 2.19. The molecule has 0 saturated carbocycles. The molecule has 0 aliphatic carbocycles. The topological polar surface area (TPSA) is 57.6 Å². The Hall–Kier alpha value is -1.05. The molecule has 1 atom stereocenters. The molecule has 0 aromatic heterocycles. The molecule has 1 unspecified atom stereocenters. The second-order valence-electron chi connectivity index (χ2n) is 4.93. The number of halogens is 2. The summed E-state index contributed by atoms with van der Waals surface area (Å²) in [6, 6.07) is 2.92. The lowest BCUT2D eigenvalue weighted by Crippen LogP contribution is -2.27. The molecule has 0 radical (unpaired) electrons. The van der Waals surface area contributed by atoms with Crippen LogP contribution in [0.1, 0.15) is 18.1 Å². The van der Waals surface area contributed by atoms with Gasteiger partial charge in [-0.3, -0.25) is 0 Å². The summed E-state index contributed by atoms with van der Waals surface area (Å²) in [7, 11) is -1.33. The minimum atomic E-state index is -3.01. The predicted molar refractivity (Wildman–Crippen MR) is 73.1 cm³/mol. The number of aliphatic hydroxyl groups is 1. The summed E-state index contributed by atoms with van der Waals surface area (Å²) < 4.78 is 48.4. The fraction of sp³-hybridized carbons (Fsp3) is 0.538. The lowest BCUT2D eigenvalue weighted by atomic mass is 10.1. The van der Waals surface area contributed by atoms with Gasteiger partial charge in [-0.05, 0) is 38.2 Å². The van der Waals surface area contributed by atoms with E-state index < -0.39 is 27.6 Å². The average molecular weight is 307 g/mol. The van der Waals surface area contributed by atoms with Gasteiger partial charge in [-0.1, -0.05) is 0 Å². The molecule has 0 amide bonds. The SMILES string of the molecule is CN(CCCS(C)(=O)=O)CC(O)c1cc(F)ccc1F. The Kier molecular flexibility index (Phi) is 6.04. The monoisotopic (exact) mass is 307 g/mol. The number of aliphatic hydroxyl groups excluding tert-OH is 1. The third kappa shape index (κ3) is 5.94. The van der Waals surface area contributed by atoms with Crippen LogP contribution in [0, 0.1) is 11.6 Å². The van der Waals surface area contributed by atoms with Crippen molar-refractivity contribution in [3.63, 3.8) is 0 Å². The lowest BCUT2D eigenvalue weighted by Gasteiger charge is -2.21. The van der Waals surface area contributed by atoms with Crippen LogP contribution in [0.3, 0.4) is 0 Å². The first kappa shape index (κ1) is 17.0. The molecule has 0 saturated heterocycles. The van der Waals surface area contributed by atoms with Gasteiger partial charge in [-0.2, -0.15) is 0 Å². The van der Waals surface area contributed by atoms with Gasteiger partial charge in [0.2, 0.25) is 0 Å². The summed E-state index contributed by atoms with van der Waals surface area (Å²) in [5.74, 6) is -1.22. The van der Waals surface area contributed by atoms with Gasteiger partial charge in [-0.15, -0.1) is 0 Å². The van der Waals surface area contributed by atoms with Crippen LogP contribution in [0.2, 0.25) is 0 Å². The van der Waals surface area contributed by atoms with Gasteiger partial charge in [0.1, 0.15) is 21.5 Å². The highest BCUT2D eigenvalue weighted by Gasteiger charge is 2.16. The molecular weight excluding hydrogens is 288 g/mol. The van der Waals surface area contributed by atoms with Crippen molar-refractivity contribution in [2.45, 2.75) is 12.5 Å². The molecule has 1 aromatic carbocycles. The number of sulfone groups is 1. The van der Waals surface area contributed by atoms with Gasteiger partial charge in [-0.25, -0.2) is 17.2 Å². The average Bonchev–Trinajstić information content (AvgIpc) is 2.30. The first-order valence-electron chi connectivity index (χ1n) is 6.18. The Bertz CT molecular complexity index is 549. The van der Waals surface area contributed by atoms with Gasteiger partial charge >= 0.3 is 0 Å². The Balaban J connectivity index is 2.53. The van der Waals surface area contributed by atoms with E-state index in [1.807, 2.05) is 0 Å². The van der Waals surface area contributed by atoms with Crippen LogP contribution in [0.5, 0.6) is 0 Å². The van der Waals surface area contributed by atoms with Crippen molar-refractivity contribution in [1.29, 1.82) is 0 Å². The quantitative estimate of drug-likeness (QED) is 0.826. The van der Waals surface area contributed by atoms with E-state index in [0.717, 1.165) is 24.5 Å². The molecule has 1 rings (SSSR count). The molecule has 1 aromatic rings. The number of nitrogens with zero attached hydrogens (tertiary/aromatic N) is 1. The lowest BCUT2D eigenvalue weighted by molar-refractivity contribution is 0.123. The van der Waals surface area contributed by atoms with Crippen molar-refractivity contribution in [2.75, 3.05) is 32.1 Å². The highest BCUT2D eigenvalue weighted by atomic mass is 32.2. The maximum Gasteiger partial charge on any atom is 0.147 e. The minimum absolute atomic E-state index is 0.0573. The molecule has 0 spiro atoms. The van der Waals surface area contributed by atoms with Gasteiger partial charge in [0.15, 0.2) is 0 Å². The number of hydrogen-bond acceptors (Lipinski definition) is 4. The van der Waals surface area contributed by atoms with E-state index in [0.29, 0.717) is 13.0 Å². The normalized spacial score (nSPS) is 13.7. The first-order valence-corrected chi connectivity index (χ1v) is 8.24. The second-order valence-corrected chi connectivity index (χ2v) is 7.19. The van der Waals surface area contributed by atoms with Crippen LogP contribution in [0.15, 0.2) is 18.2 Å². The van der Waals surface area contributed by atoms with Gasteiger partial charge in [0.05, 0.1) is 11.9 Å². The van der Waals surface area contributed by atoms with Crippen molar-refractivity contribution < 1.29 is 22.3 Å². The van der Waals surface area contributed by atoms with Gasteiger partial charge in [0.25, 0.3) is 0 Å². The summed E-state index contributed by atoms with van der Waals surface area (Å²) in [6.45, 7) is 0.547.